The number of carbonyl (C=O) groups is 1. The van der Waals surface area contributed by atoms with Crippen molar-refractivity contribution in [1.82, 2.24) is 0 Å². The third-order valence-electron chi connectivity index (χ3n) is 4.87. The van der Waals surface area contributed by atoms with Crippen LogP contribution in [0.2, 0.25) is 0 Å². The van der Waals surface area contributed by atoms with Crippen molar-refractivity contribution in [2.75, 3.05) is 6.61 Å². The van der Waals surface area contributed by atoms with E-state index in [1.807, 2.05) is 12.1 Å². The van der Waals surface area contributed by atoms with Gasteiger partial charge in [0.1, 0.15) is 35.6 Å². The summed E-state index contributed by atoms with van der Waals surface area (Å²) in [5.41, 5.74) is 7.22. The van der Waals surface area contributed by atoms with E-state index in [2.05, 4.69) is 0 Å². The van der Waals surface area contributed by atoms with E-state index in [9.17, 15) is 14.4 Å². The lowest BCUT2D eigenvalue weighted by atomic mass is 9.83. The normalized spacial score (nSPS) is 15.5. The van der Waals surface area contributed by atoms with E-state index in [1.165, 1.54) is 12.1 Å². The van der Waals surface area contributed by atoms with Crippen LogP contribution in [0.5, 0.6) is 5.75 Å². The van der Waals surface area contributed by atoms with Gasteiger partial charge in [-0.15, -0.1) is 0 Å². The summed E-state index contributed by atoms with van der Waals surface area (Å²) in [6.45, 7) is 3.34. The molecule has 1 heterocycles. The molecule has 7 nitrogen and oxygen atoms in total. The summed E-state index contributed by atoms with van der Waals surface area (Å²) in [7, 11) is 0. The Morgan fingerprint density at radius 1 is 1.22 bits per heavy atom. The molecule has 0 aromatic heterocycles. The van der Waals surface area contributed by atoms with Crippen LogP contribution in [0.3, 0.4) is 0 Å². The zero-order valence-corrected chi connectivity index (χ0v) is 17.5. The van der Waals surface area contributed by atoms with Crippen LogP contribution in [0.15, 0.2) is 65.3 Å². The standard InChI is InChI=1S/C24H20FN3O4/c1-3-30-24(29)21-14(2)32-23(28)19(12-27)22(21)16-5-4-6-18(10-16)31-13-17-8-7-15(11-26)9-20(17)25/h4-10,22H,3,13,28H2,1-2H3. The van der Waals surface area contributed by atoms with Gasteiger partial charge >= 0.3 is 5.97 Å². The van der Waals surface area contributed by atoms with E-state index in [4.69, 9.17) is 25.2 Å². The predicted molar refractivity (Wildman–Crippen MR) is 112 cm³/mol. The second kappa shape index (κ2) is 9.67. The summed E-state index contributed by atoms with van der Waals surface area (Å²) in [6, 6.07) is 14.8. The molecule has 0 fully saturated rings. The highest BCUT2D eigenvalue weighted by Gasteiger charge is 2.36. The molecule has 0 radical (unpaired) electrons. The fraction of sp³-hybridized carbons (Fsp3) is 0.208. The molecule has 0 spiro atoms. The second-order valence-electron chi connectivity index (χ2n) is 6.89. The van der Waals surface area contributed by atoms with Crippen molar-refractivity contribution in [3.05, 3.63) is 87.8 Å². The van der Waals surface area contributed by atoms with Crippen LogP contribution in [-0.4, -0.2) is 12.6 Å². The van der Waals surface area contributed by atoms with Gasteiger partial charge in [0, 0.05) is 5.56 Å². The van der Waals surface area contributed by atoms with Crippen molar-refractivity contribution in [3.63, 3.8) is 0 Å². The summed E-state index contributed by atoms with van der Waals surface area (Å²) >= 11 is 0. The molecule has 8 heteroatoms. The lowest BCUT2D eigenvalue weighted by molar-refractivity contribution is -0.139. The highest BCUT2D eigenvalue weighted by Crippen LogP contribution is 2.40. The van der Waals surface area contributed by atoms with Crippen molar-refractivity contribution < 1.29 is 23.4 Å². The molecule has 2 aromatic rings. The lowest BCUT2D eigenvalue weighted by Gasteiger charge is -2.27. The first-order valence-electron chi connectivity index (χ1n) is 9.76. The maximum absolute atomic E-state index is 14.1. The van der Waals surface area contributed by atoms with E-state index >= 15 is 0 Å². The first-order chi connectivity index (χ1) is 15.4. The van der Waals surface area contributed by atoms with Crippen molar-refractivity contribution in [1.29, 1.82) is 10.5 Å². The number of rotatable bonds is 6. The summed E-state index contributed by atoms with van der Waals surface area (Å²) in [6.07, 6.45) is 0. The van der Waals surface area contributed by atoms with Crippen LogP contribution in [-0.2, 0) is 20.9 Å². The number of esters is 1. The number of carbonyl (C=O) groups excluding carboxylic acids is 1. The number of hydrogen-bond donors (Lipinski definition) is 1. The Labute approximate surface area is 184 Å². The van der Waals surface area contributed by atoms with Gasteiger partial charge in [0.2, 0.25) is 5.88 Å². The highest BCUT2D eigenvalue weighted by molar-refractivity contribution is 5.92. The first-order valence-corrected chi connectivity index (χ1v) is 9.76. The summed E-state index contributed by atoms with van der Waals surface area (Å²) in [5, 5.41) is 18.5. The molecule has 1 aliphatic heterocycles. The Hall–Kier alpha value is -4.30. The van der Waals surface area contributed by atoms with Crippen LogP contribution < -0.4 is 10.5 Å². The van der Waals surface area contributed by atoms with Crippen LogP contribution in [0, 0.1) is 28.5 Å². The van der Waals surface area contributed by atoms with E-state index in [0.29, 0.717) is 11.3 Å². The number of ether oxygens (including phenoxy) is 3. The topological polar surface area (TPSA) is 118 Å². The van der Waals surface area contributed by atoms with Gasteiger partial charge in [-0.05, 0) is 43.7 Å². The minimum atomic E-state index is -0.803. The molecule has 162 valence electrons. The van der Waals surface area contributed by atoms with Crippen molar-refractivity contribution in [2.24, 2.45) is 5.73 Å². The molecule has 0 saturated carbocycles. The number of nitrogens with zero attached hydrogens (tertiary/aromatic N) is 2. The fourth-order valence-corrected chi connectivity index (χ4v) is 3.37. The number of hydrogen-bond acceptors (Lipinski definition) is 7. The second-order valence-corrected chi connectivity index (χ2v) is 6.89. The van der Waals surface area contributed by atoms with Crippen molar-refractivity contribution >= 4 is 5.97 Å². The number of nitriles is 2. The minimum absolute atomic E-state index is 0.0720. The maximum atomic E-state index is 14.1. The van der Waals surface area contributed by atoms with Gasteiger partial charge in [-0.25, -0.2) is 9.18 Å². The zero-order chi connectivity index (χ0) is 23.3. The van der Waals surface area contributed by atoms with Gasteiger partial charge in [-0.1, -0.05) is 18.2 Å². The fourth-order valence-electron chi connectivity index (χ4n) is 3.37. The Balaban J connectivity index is 1.93. The molecule has 0 bridgehead atoms. The van der Waals surface area contributed by atoms with Gasteiger partial charge in [0.15, 0.2) is 0 Å². The Kier molecular flexibility index (Phi) is 6.77. The molecule has 1 aliphatic rings. The molecule has 1 atom stereocenters. The average molecular weight is 433 g/mol. The average Bonchev–Trinajstić information content (AvgIpc) is 2.78. The molecule has 0 saturated heterocycles. The van der Waals surface area contributed by atoms with Gasteiger partial charge in [-0.3, -0.25) is 0 Å². The third kappa shape index (κ3) is 4.55. The van der Waals surface area contributed by atoms with Crippen LogP contribution in [0.4, 0.5) is 4.39 Å². The maximum Gasteiger partial charge on any atom is 0.338 e. The Morgan fingerprint density at radius 2 is 2.00 bits per heavy atom. The summed E-state index contributed by atoms with van der Waals surface area (Å²) < 4.78 is 30.4. The molecule has 1 unspecified atom stereocenters. The largest absolute Gasteiger partial charge is 0.489 e. The SMILES string of the molecule is CCOC(=O)C1=C(C)OC(N)=C(C#N)C1c1cccc(OCc2ccc(C#N)cc2F)c1. The number of nitrogens with two attached hydrogens (primary N) is 1. The molecule has 0 aliphatic carbocycles. The molecule has 0 amide bonds. The van der Waals surface area contributed by atoms with Crippen molar-refractivity contribution in [3.8, 4) is 17.9 Å². The Morgan fingerprint density at radius 3 is 2.66 bits per heavy atom. The molecule has 2 aromatic carbocycles. The lowest BCUT2D eigenvalue weighted by Crippen LogP contribution is -2.25. The number of halogens is 1. The molecule has 2 N–H and O–H groups in total. The molecule has 32 heavy (non-hydrogen) atoms. The Bertz CT molecular complexity index is 1200. The highest BCUT2D eigenvalue weighted by atomic mass is 19.1. The smallest absolute Gasteiger partial charge is 0.338 e. The van der Waals surface area contributed by atoms with Gasteiger partial charge in [0.05, 0.1) is 29.7 Å². The molecule has 3 rings (SSSR count). The van der Waals surface area contributed by atoms with Gasteiger partial charge in [-0.2, -0.15) is 10.5 Å². The van der Waals surface area contributed by atoms with E-state index < -0.39 is 17.7 Å². The van der Waals surface area contributed by atoms with Crippen molar-refractivity contribution in [2.45, 2.75) is 26.4 Å². The van der Waals surface area contributed by atoms with Crippen LogP contribution >= 0.6 is 0 Å². The van der Waals surface area contributed by atoms with Crippen LogP contribution in [0.1, 0.15) is 36.5 Å². The predicted octanol–water partition coefficient (Wildman–Crippen LogP) is 3.92. The van der Waals surface area contributed by atoms with E-state index in [0.717, 1.165) is 6.07 Å². The van der Waals surface area contributed by atoms with E-state index in [1.54, 1.807) is 38.1 Å². The molecular weight excluding hydrogens is 413 g/mol. The summed E-state index contributed by atoms with van der Waals surface area (Å²) in [4.78, 5) is 12.6. The third-order valence-corrected chi connectivity index (χ3v) is 4.87. The van der Waals surface area contributed by atoms with Gasteiger partial charge < -0.3 is 19.9 Å². The first kappa shape index (κ1) is 22.4. The van der Waals surface area contributed by atoms with E-state index in [-0.39, 0.29) is 47.1 Å². The number of benzene rings is 2. The minimum Gasteiger partial charge on any atom is -0.489 e. The van der Waals surface area contributed by atoms with Gasteiger partial charge in [0.25, 0.3) is 0 Å². The monoisotopic (exact) mass is 433 g/mol. The summed E-state index contributed by atoms with van der Waals surface area (Å²) in [5.74, 6) is -1.40. The molecular formula is C24H20FN3O4. The quantitative estimate of drug-likeness (QED) is 0.686. The zero-order valence-electron chi connectivity index (χ0n) is 17.5. The number of allylic oxidation sites excluding steroid dienone is 2. The van der Waals surface area contributed by atoms with Crippen LogP contribution in [0.25, 0.3) is 0 Å².